The third kappa shape index (κ3) is 4.27. The number of nitrogens with two attached hydrogens (primary N) is 1. The summed E-state index contributed by atoms with van der Waals surface area (Å²) in [4.78, 5) is 16.7. The lowest BCUT2D eigenvalue weighted by atomic mass is 10.3. The standard InChI is InChI=1S/C15H28N4O/c1-6-7-18(9-8-17(4)5)15(20)14-10-13(16)11-19(14)12(2)3/h10-12H,6-9,16H2,1-5H3. The van der Waals surface area contributed by atoms with Crippen LogP contribution in [0.4, 0.5) is 5.69 Å². The summed E-state index contributed by atoms with van der Waals surface area (Å²) in [5.74, 6) is 0.0686. The Morgan fingerprint density at radius 3 is 2.45 bits per heavy atom. The Hall–Kier alpha value is -1.49. The molecule has 0 bridgehead atoms. The van der Waals surface area contributed by atoms with Gasteiger partial charge in [0.1, 0.15) is 5.69 Å². The minimum Gasteiger partial charge on any atom is -0.397 e. The molecule has 1 heterocycles. The zero-order valence-electron chi connectivity index (χ0n) is 13.4. The number of aromatic nitrogens is 1. The van der Waals surface area contributed by atoms with Crippen LogP contribution in [0, 0.1) is 0 Å². The van der Waals surface area contributed by atoms with E-state index < -0.39 is 0 Å². The summed E-state index contributed by atoms with van der Waals surface area (Å²) >= 11 is 0. The van der Waals surface area contributed by atoms with Gasteiger partial charge in [-0.05, 0) is 40.4 Å². The molecule has 5 heteroatoms. The van der Waals surface area contributed by atoms with Gasteiger partial charge in [0.2, 0.25) is 0 Å². The van der Waals surface area contributed by atoms with Crippen molar-refractivity contribution in [3.8, 4) is 0 Å². The molecule has 0 aromatic carbocycles. The quantitative estimate of drug-likeness (QED) is 0.832. The molecular formula is C15H28N4O. The van der Waals surface area contributed by atoms with Gasteiger partial charge < -0.3 is 20.1 Å². The van der Waals surface area contributed by atoms with E-state index in [0.29, 0.717) is 11.4 Å². The Bertz CT molecular complexity index is 437. The molecule has 1 aromatic heterocycles. The summed E-state index contributed by atoms with van der Waals surface area (Å²) in [6.45, 7) is 8.58. The molecule has 0 aliphatic rings. The maximum atomic E-state index is 12.7. The van der Waals surface area contributed by atoms with Gasteiger partial charge in [0.05, 0.1) is 5.69 Å². The molecule has 0 aliphatic heterocycles. The highest BCUT2D eigenvalue weighted by molar-refractivity contribution is 5.94. The first-order valence-electron chi connectivity index (χ1n) is 7.28. The van der Waals surface area contributed by atoms with Crippen molar-refractivity contribution in [1.29, 1.82) is 0 Å². The molecule has 0 fully saturated rings. The van der Waals surface area contributed by atoms with Gasteiger partial charge in [-0.2, -0.15) is 0 Å². The van der Waals surface area contributed by atoms with Gasteiger partial charge in [-0.3, -0.25) is 4.79 Å². The fourth-order valence-corrected chi connectivity index (χ4v) is 2.17. The number of hydrogen-bond acceptors (Lipinski definition) is 3. The molecule has 0 spiro atoms. The molecule has 0 atom stereocenters. The first kappa shape index (κ1) is 16.6. The van der Waals surface area contributed by atoms with Crippen LogP contribution in [0.5, 0.6) is 0 Å². The SMILES string of the molecule is CCCN(CCN(C)C)C(=O)c1cc(N)cn1C(C)C. The van der Waals surface area contributed by atoms with Crippen molar-refractivity contribution in [2.75, 3.05) is 39.5 Å². The van der Waals surface area contributed by atoms with Gasteiger partial charge in [-0.25, -0.2) is 0 Å². The lowest BCUT2D eigenvalue weighted by Gasteiger charge is -2.25. The Labute approximate surface area is 122 Å². The highest BCUT2D eigenvalue weighted by Crippen LogP contribution is 2.18. The Morgan fingerprint density at radius 1 is 1.30 bits per heavy atom. The molecule has 0 saturated carbocycles. The molecule has 2 N–H and O–H groups in total. The van der Waals surface area contributed by atoms with Gasteiger partial charge in [0.15, 0.2) is 0 Å². The van der Waals surface area contributed by atoms with E-state index in [1.807, 2.05) is 29.8 Å². The van der Waals surface area contributed by atoms with Gasteiger partial charge in [0.25, 0.3) is 5.91 Å². The summed E-state index contributed by atoms with van der Waals surface area (Å²) in [6, 6.07) is 2.00. The topological polar surface area (TPSA) is 54.5 Å². The molecular weight excluding hydrogens is 252 g/mol. The van der Waals surface area contributed by atoms with Crippen molar-refractivity contribution in [2.45, 2.75) is 33.2 Å². The Kier molecular flexibility index (Phi) is 6.07. The zero-order valence-corrected chi connectivity index (χ0v) is 13.4. The van der Waals surface area contributed by atoms with Crippen LogP contribution in [0.3, 0.4) is 0 Å². The fraction of sp³-hybridized carbons (Fsp3) is 0.667. The van der Waals surface area contributed by atoms with E-state index in [1.165, 1.54) is 0 Å². The number of anilines is 1. The normalized spacial score (nSPS) is 11.3. The Balaban J connectivity index is 2.93. The number of amides is 1. The number of likely N-dealkylation sites (N-methyl/N-ethyl adjacent to an activating group) is 1. The van der Waals surface area contributed by atoms with Crippen LogP contribution in [-0.4, -0.2) is 54.0 Å². The van der Waals surface area contributed by atoms with Crippen molar-refractivity contribution in [2.24, 2.45) is 0 Å². The molecule has 114 valence electrons. The molecule has 0 aliphatic carbocycles. The number of carbonyl (C=O) groups excluding carboxylic acids is 1. The van der Waals surface area contributed by atoms with Crippen molar-refractivity contribution in [1.82, 2.24) is 14.4 Å². The van der Waals surface area contributed by atoms with Crippen LogP contribution in [-0.2, 0) is 0 Å². The molecule has 0 radical (unpaired) electrons. The van der Waals surface area contributed by atoms with Crippen LogP contribution in [0.25, 0.3) is 0 Å². The largest absolute Gasteiger partial charge is 0.397 e. The highest BCUT2D eigenvalue weighted by Gasteiger charge is 2.20. The average molecular weight is 280 g/mol. The van der Waals surface area contributed by atoms with Gasteiger partial charge in [0, 0.05) is 31.9 Å². The summed E-state index contributed by atoms with van der Waals surface area (Å²) in [5.41, 5.74) is 7.18. The monoisotopic (exact) mass is 280 g/mol. The number of rotatable bonds is 7. The second kappa shape index (κ2) is 7.33. The summed E-state index contributed by atoms with van der Waals surface area (Å²) in [5, 5.41) is 0. The molecule has 5 nitrogen and oxygen atoms in total. The number of nitrogens with zero attached hydrogens (tertiary/aromatic N) is 3. The van der Waals surface area contributed by atoms with Crippen LogP contribution in [0.15, 0.2) is 12.3 Å². The first-order valence-corrected chi connectivity index (χ1v) is 7.28. The first-order chi connectivity index (χ1) is 9.36. The average Bonchev–Trinajstić information content (AvgIpc) is 2.75. The van der Waals surface area contributed by atoms with E-state index >= 15 is 0 Å². The van der Waals surface area contributed by atoms with E-state index in [1.54, 1.807) is 6.07 Å². The minimum atomic E-state index is 0.0686. The van der Waals surface area contributed by atoms with Crippen molar-refractivity contribution in [3.63, 3.8) is 0 Å². The molecule has 1 rings (SSSR count). The fourth-order valence-electron chi connectivity index (χ4n) is 2.17. The third-order valence-electron chi connectivity index (χ3n) is 3.24. The third-order valence-corrected chi connectivity index (χ3v) is 3.24. The van der Waals surface area contributed by atoms with Crippen molar-refractivity contribution >= 4 is 11.6 Å². The molecule has 0 saturated heterocycles. The number of hydrogen-bond donors (Lipinski definition) is 1. The van der Waals surface area contributed by atoms with Crippen LogP contribution in [0.1, 0.15) is 43.7 Å². The van der Waals surface area contributed by atoms with E-state index in [4.69, 9.17) is 5.73 Å². The maximum absolute atomic E-state index is 12.7. The van der Waals surface area contributed by atoms with E-state index in [-0.39, 0.29) is 11.9 Å². The van der Waals surface area contributed by atoms with Crippen molar-refractivity contribution in [3.05, 3.63) is 18.0 Å². The second-order valence-corrected chi connectivity index (χ2v) is 5.76. The summed E-state index contributed by atoms with van der Waals surface area (Å²) < 4.78 is 1.95. The molecule has 1 amide bonds. The van der Waals surface area contributed by atoms with Gasteiger partial charge in [-0.15, -0.1) is 0 Å². The lowest BCUT2D eigenvalue weighted by Crippen LogP contribution is -2.38. The predicted molar refractivity (Wildman–Crippen MR) is 84.0 cm³/mol. The van der Waals surface area contributed by atoms with Gasteiger partial charge >= 0.3 is 0 Å². The van der Waals surface area contributed by atoms with E-state index in [0.717, 1.165) is 26.1 Å². The number of nitrogen functional groups attached to an aromatic ring is 1. The maximum Gasteiger partial charge on any atom is 0.270 e. The zero-order chi connectivity index (χ0) is 15.3. The lowest BCUT2D eigenvalue weighted by molar-refractivity contribution is 0.0732. The number of carbonyl (C=O) groups is 1. The van der Waals surface area contributed by atoms with Crippen LogP contribution >= 0.6 is 0 Å². The van der Waals surface area contributed by atoms with E-state index in [9.17, 15) is 4.79 Å². The highest BCUT2D eigenvalue weighted by atomic mass is 16.2. The Morgan fingerprint density at radius 2 is 1.95 bits per heavy atom. The second-order valence-electron chi connectivity index (χ2n) is 5.76. The predicted octanol–water partition coefficient (Wildman–Crippen LogP) is 2.06. The van der Waals surface area contributed by atoms with E-state index in [2.05, 4.69) is 25.7 Å². The molecule has 0 unspecified atom stereocenters. The van der Waals surface area contributed by atoms with Crippen molar-refractivity contribution < 1.29 is 4.79 Å². The van der Waals surface area contributed by atoms with Crippen LogP contribution < -0.4 is 5.73 Å². The van der Waals surface area contributed by atoms with Gasteiger partial charge in [-0.1, -0.05) is 6.92 Å². The molecule has 1 aromatic rings. The minimum absolute atomic E-state index is 0.0686. The summed E-state index contributed by atoms with van der Waals surface area (Å²) in [6.07, 6.45) is 2.80. The molecule has 20 heavy (non-hydrogen) atoms. The van der Waals surface area contributed by atoms with Crippen LogP contribution in [0.2, 0.25) is 0 Å². The summed E-state index contributed by atoms with van der Waals surface area (Å²) in [7, 11) is 4.03. The smallest absolute Gasteiger partial charge is 0.270 e.